The fourth-order valence-electron chi connectivity index (χ4n) is 4.81. The Bertz CT molecular complexity index is 952. The number of carbonyl (C=O) groups excluding carboxylic acids is 1. The number of hydrogen-bond donors (Lipinski definition) is 1. The van der Waals surface area contributed by atoms with Gasteiger partial charge in [0, 0.05) is 36.5 Å². The van der Waals surface area contributed by atoms with Gasteiger partial charge in [-0.1, -0.05) is 26.2 Å². The van der Waals surface area contributed by atoms with Crippen molar-refractivity contribution in [1.82, 2.24) is 4.90 Å². The molecule has 4 rings (SSSR count). The van der Waals surface area contributed by atoms with Crippen molar-refractivity contribution in [2.45, 2.75) is 57.5 Å². The van der Waals surface area contributed by atoms with Crippen LogP contribution in [0.3, 0.4) is 0 Å². The van der Waals surface area contributed by atoms with Crippen LogP contribution < -0.4 is 10.4 Å². The number of likely N-dealkylation sites (tertiary alicyclic amines) is 1. The zero-order valence-corrected chi connectivity index (χ0v) is 17.0. The molecule has 1 aromatic carbocycles. The van der Waals surface area contributed by atoms with Crippen LogP contribution in [0.2, 0.25) is 0 Å². The van der Waals surface area contributed by atoms with Gasteiger partial charge >= 0.3 is 5.63 Å². The van der Waals surface area contributed by atoms with E-state index >= 15 is 0 Å². The van der Waals surface area contributed by atoms with Crippen LogP contribution in [-0.4, -0.2) is 41.2 Å². The summed E-state index contributed by atoms with van der Waals surface area (Å²) in [5, 5.41) is 11.7. The largest absolute Gasteiger partial charge is 0.484 e. The third-order valence-corrected chi connectivity index (χ3v) is 6.46. The van der Waals surface area contributed by atoms with Crippen molar-refractivity contribution in [3.8, 4) is 5.75 Å². The molecule has 0 radical (unpaired) electrons. The second-order valence-corrected chi connectivity index (χ2v) is 8.42. The number of hydrogen-bond acceptors (Lipinski definition) is 5. The second kappa shape index (κ2) is 8.19. The molecule has 2 aromatic rings. The SMILES string of the molecule is CCCc1cc(=O)oc2cc(OCC(=O)N3CC[C@]4(O)CCCC[C@H]4C3)ccc12. The first-order chi connectivity index (χ1) is 14.0. The Morgan fingerprint density at radius 1 is 1.31 bits per heavy atom. The van der Waals surface area contributed by atoms with Gasteiger partial charge in [0.25, 0.3) is 5.91 Å². The maximum atomic E-state index is 12.7. The van der Waals surface area contributed by atoms with E-state index in [1.165, 1.54) is 0 Å². The quantitative estimate of drug-likeness (QED) is 0.781. The molecule has 0 unspecified atom stereocenters. The Hall–Kier alpha value is -2.34. The lowest BCUT2D eigenvalue weighted by atomic mass is 9.71. The van der Waals surface area contributed by atoms with E-state index in [4.69, 9.17) is 9.15 Å². The molecule has 2 heterocycles. The molecule has 1 N–H and O–H groups in total. The number of fused-ring (bicyclic) bond motifs is 2. The predicted octanol–water partition coefficient (Wildman–Crippen LogP) is 3.28. The fraction of sp³-hybridized carbons (Fsp3) is 0.565. The molecule has 6 heteroatoms. The normalized spacial score (nSPS) is 24.3. The van der Waals surface area contributed by atoms with Crippen LogP contribution >= 0.6 is 0 Å². The Labute approximate surface area is 170 Å². The number of carbonyl (C=O) groups is 1. The van der Waals surface area contributed by atoms with Crippen molar-refractivity contribution in [3.05, 3.63) is 40.2 Å². The lowest BCUT2D eigenvalue weighted by molar-refractivity contribution is -0.145. The average molecular weight is 399 g/mol. The summed E-state index contributed by atoms with van der Waals surface area (Å²) < 4.78 is 11.0. The van der Waals surface area contributed by atoms with Crippen LogP contribution in [0.25, 0.3) is 11.0 Å². The van der Waals surface area contributed by atoms with Crippen molar-refractivity contribution < 1.29 is 19.1 Å². The van der Waals surface area contributed by atoms with Crippen molar-refractivity contribution in [2.24, 2.45) is 5.92 Å². The Balaban J connectivity index is 1.41. The van der Waals surface area contributed by atoms with E-state index < -0.39 is 5.60 Å². The van der Waals surface area contributed by atoms with Crippen molar-refractivity contribution in [2.75, 3.05) is 19.7 Å². The summed E-state index contributed by atoms with van der Waals surface area (Å²) >= 11 is 0. The van der Waals surface area contributed by atoms with Crippen LogP contribution in [0.15, 0.2) is 33.5 Å². The molecule has 1 aliphatic carbocycles. The molecule has 2 atom stereocenters. The lowest BCUT2D eigenvalue weighted by Gasteiger charge is -2.47. The van der Waals surface area contributed by atoms with Crippen molar-refractivity contribution in [1.29, 1.82) is 0 Å². The number of piperidine rings is 1. The molecule has 6 nitrogen and oxygen atoms in total. The number of rotatable bonds is 5. The molecule has 0 bridgehead atoms. The van der Waals surface area contributed by atoms with Crippen molar-refractivity contribution in [3.63, 3.8) is 0 Å². The van der Waals surface area contributed by atoms with Crippen LogP contribution in [-0.2, 0) is 11.2 Å². The molecule has 1 aliphatic heterocycles. The molecule has 2 fully saturated rings. The highest BCUT2D eigenvalue weighted by Gasteiger charge is 2.43. The van der Waals surface area contributed by atoms with E-state index in [0.717, 1.165) is 49.5 Å². The number of ether oxygens (including phenoxy) is 1. The van der Waals surface area contributed by atoms with E-state index in [1.54, 1.807) is 12.1 Å². The summed E-state index contributed by atoms with van der Waals surface area (Å²) in [4.78, 5) is 26.3. The summed E-state index contributed by atoms with van der Waals surface area (Å²) in [6.45, 7) is 3.18. The van der Waals surface area contributed by atoms with E-state index in [9.17, 15) is 14.7 Å². The number of nitrogens with zero attached hydrogens (tertiary/aromatic N) is 1. The molecular formula is C23H29NO5. The third-order valence-electron chi connectivity index (χ3n) is 6.46. The van der Waals surface area contributed by atoms with Crippen molar-refractivity contribution >= 4 is 16.9 Å². The molecule has 2 aliphatic rings. The van der Waals surface area contributed by atoms with Gasteiger partial charge in [0.2, 0.25) is 0 Å². The molecule has 1 saturated heterocycles. The topological polar surface area (TPSA) is 80.0 Å². The zero-order chi connectivity index (χ0) is 20.4. The fourth-order valence-corrected chi connectivity index (χ4v) is 4.81. The van der Waals surface area contributed by atoms with E-state index in [1.807, 2.05) is 17.0 Å². The molecule has 1 amide bonds. The maximum absolute atomic E-state index is 12.7. The van der Waals surface area contributed by atoms with Gasteiger partial charge in [-0.3, -0.25) is 4.79 Å². The first kappa shape index (κ1) is 20.0. The summed E-state index contributed by atoms with van der Waals surface area (Å²) in [6.07, 6.45) is 6.41. The zero-order valence-electron chi connectivity index (χ0n) is 17.0. The second-order valence-electron chi connectivity index (χ2n) is 8.42. The van der Waals surface area contributed by atoms with Gasteiger partial charge in [-0.05, 0) is 43.4 Å². The summed E-state index contributed by atoms with van der Waals surface area (Å²) in [7, 11) is 0. The average Bonchev–Trinajstić information content (AvgIpc) is 2.71. The minimum Gasteiger partial charge on any atom is -0.484 e. The van der Waals surface area contributed by atoms with Gasteiger partial charge in [0.05, 0.1) is 5.60 Å². The smallest absolute Gasteiger partial charge is 0.336 e. The number of aryl methyl sites for hydroxylation is 1. The van der Waals surface area contributed by atoms with Gasteiger partial charge in [-0.25, -0.2) is 4.79 Å². The first-order valence-electron chi connectivity index (χ1n) is 10.7. The third kappa shape index (κ3) is 4.17. The van der Waals surface area contributed by atoms with Crippen LogP contribution in [0.1, 0.15) is 51.0 Å². The minimum absolute atomic E-state index is 0.0600. The van der Waals surface area contributed by atoms with Crippen LogP contribution in [0.5, 0.6) is 5.75 Å². The molecule has 29 heavy (non-hydrogen) atoms. The highest BCUT2D eigenvalue weighted by atomic mass is 16.5. The van der Waals surface area contributed by atoms with Crippen LogP contribution in [0.4, 0.5) is 0 Å². The van der Waals surface area contributed by atoms with Gasteiger partial charge in [0.1, 0.15) is 11.3 Å². The standard InChI is InChI=1S/C23H29NO5/c1-2-5-16-12-22(26)29-20-13-18(7-8-19(16)20)28-15-21(25)24-11-10-23(27)9-4-3-6-17(23)14-24/h7-8,12-13,17,27H,2-6,9-11,14-15H2,1H3/t17-,23+/m0/s1. The Morgan fingerprint density at radius 2 is 2.17 bits per heavy atom. The number of aliphatic hydroxyl groups is 1. The highest BCUT2D eigenvalue weighted by molar-refractivity contribution is 5.82. The van der Waals surface area contributed by atoms with E-state index in [-0.39, 0.29) is 24.1 Å². The van der Waals surface area contributed by atoms with E-state index in [0.29, 0.717) is 30.8 Å². The Kier molecular flexibility index (Phi) is 5.63. The van der Waals surface area contributed by atoms with Gasteiger partial charge in [-0.2, -0.15) is 0 Å². The van der Waals surface area contributed by atoms with Crippen LogP contribution in [0, 0.1) is 5.92 Å². The summed E-state index contributed by atoms with van der Waals surface area (Å²) in [6, 6.07) is 6.91. The monoisotopic (exact) mass is 399 g/mol. The minimum atomic E-state index is -0.595. The molecule has 156 valence electrons. The molecular weight excluding hydrogens is 370 g/mol. The molecule has 0 spiro atoms. The maximum Gasteiger partial charge on any atom is 0.336 e. The molecule has 1 saturated carbocycles. The summed E-state index contributed by atoms with van der Waals surface area (Å²) in [5.74, 6) is 0.605. The summed E-state index contributed by atoms with van der Waals surface area (Å²) in [5.41, 5.74) is 0.482. The number of benzene rings is 1. The van der Waals surface area contributed by atoms with Gasteiger partial charge < -0.3 is 19.2 Å². The predicted molar refractivity (Wildman–Crippen MR) is 110 cm³/mol. The highest BCUT2D eigenvalue weighted by Crippen LogP contribution is 2.39. The van der Waals surface area contributed by atoms with Gasteiger partial charge in [0.15, 0.2) is 6.61 Å². The lowest BCUT2D eigenvalue weighted by Crippen LogP contribution is -2.55. The Morgan fingerprint density at radius 3 is 3.00 bits per heavy atom. The number of amides is 1. The van der Waals surface area contributed by atoms with E-state index in [2.05, 4.69) is 6.92 Å². The first-order valence-corrected chi connectivity index (χ1v) is 10.7. The molecule has 1 aromatic heterocycles. The van der Waals surface area contributed by atoms with Gasteiger partial charge in [-0.15, -0.1) is 0 Å².